The normalized spacial score (nSPS) is 15.9. The van der Waals surface area contributed by atoms with Gasteiger partial charge in [-0.05, 0) is 54.8 Å². The van der Waals surface area contributed by atoms with Gasteiger partial charge in [-0.2, -0.15) is 0 Å². The summed E-state index contributed by atoms with van der Waals surface area (Å²) in [5.74, 6) is -1.27. The van der Waals surface area contributed by atoms with Crippen molar-refractivity contribution in [3.8, 4) is 0 Å². The number of carbonyl (C=O) groups is 3. The SMILES string of the molecule is O=C(NCC(=O)N(c1ccc(Cl)cc1)[C@H](C(=O)NC[C@H]1CCCO1)c1ccccc1)c1ccco1. The Kier molecular flexibility index (Phi) is 8.18. The topological polar surface area (TPSA) is 101 Å². The summed E-state index contributed by atoms with van der Waals surface area (Å²) in [6, 6.07) is 17.7. The summed E-state index contributed by atoms with van der Waals surface area (Å²) in [6.07, 6.45) is 3.14. The fourth-order valence-corrected chi connectivity index (χ4v) is 4.07. The summed E-state index contributed by atoms with van der Waals surface area (Å²) < 4.78 is 10.7. The van der Waals surface area contributed by atoms with Gasteiger partial charge in [0.2, 0.25) is 11.8 Å². The standard InChI is InChI=1S/C26H26ClN3O5/c27-19-10-12-20(13-11-19)30(23(31)17-29-25(32)22-9-5-15-35-22)24(18-6-2-1-3-7-18)26(33)28-16-21-8-4-14-34-21/h1-3,5-7,9-13,15,21,24H,4,8,14,16-17H2,(H,28,33)(H,29,32)/t21-,24+/m1/s1. The molecule has 8 nitrogen and oxygen atoms in total. The predicted molar refractivity (Wildman–Crippen MR) is 131 cm³/mol. The van der Waals surface area contributed by atoms with Crippen LogP contribution in [0, 0.1) is 0 Å². The maximum absolute atomic E-state index is 13.5. The minimum atomic E-state index is -0.980. The first-order chi connectivity index (χ1) is 17.0. The number of hydrogen-bond acceptors (Lipinski definition) is 5. The van der Waals surface area contributed by atoms with Gasteiger partial charge in [-0.15, -0.1) is 0 Å². The van der Waals surface area contributed by atoms with E-state index in [1.54, 1.807) is 54.6 Å². The van der Waals surface area contributed by atoms with E-state index in [0.717, 1.165) is 12.8 Å². The van der Waals surface area contributed by atoms with Gasteiger partial charge in [0.1, 0.15) is 6.04 Å². The number of ether oxygens (including phenoxy) is 1. The molecule has 9 heteroatoms. The van der Waals surface area contributed by atoms with Crippen LogP contribution in [0.4, 0.5) is 5.69 Å². The molecule has 1 fully saturated rings. The van der Waals surface area contributed by atoms with E-state index in [2.05, 4.69) is 10.6 Å². The lowest BCUT2D eigenvalue weighted by Crippen LogP contribution is -2.48. The molecule has 3 aromatic rings. The molecule has 1 aliphatic rings. The zero-order valence-corrected chi connectivity index (χ0v) is 19.7. The highest BCUT2D eigenvalue weighted by Gasteiger charge is 2.33. The number of nitrogens with zero attached hydrogens (tertiary/aromatic N) is 1. The van der Waals surface area contributed by atoms with Crippen molar-refractivity contribution in [3.05, 3.63) is 89.3 Å². The minimum absolute atomic E-state index is 0.0531. The third-order valence-electron chi connectivity index (χ3n) is 5.67. The van der Waals surface area contributed by atoms with Crippen molar-refractivity contribution in [2.45, 2.75) is 25.0 Å². The molecule has 1 saturated heterocycles. The van der Waals surface area contributed by atoms with E-state index in [1.807, 2.05) is 6.07 Å². The second-order valence-electron chi connectivity index (χ2n) is 8.09. The summed E-state index contributed by atoms with van der Waals surface area (Å²) in [5, 5.41) is 6.00. The van der Waals surface area contributed by atoms with Crippen LogP contribution in [0.25, 0.3) is 0 Å². The molecule has 0 bridgehead atoms. The number of benzene rings is 2. The smallest absolute Gasteiger partial charge is 0.287 e. The number of carbonyl (C=O) groups excluding carboxylic acids is 3. The van der Waals surface area contributed by atoms with Crippen LogP contribution < -0.4 is 15.5 Å². The van der Waals surface area contributed by atoms with Crippen molar-refractivity contribution in [2.24, 2.45) is 0 Å². The number of amides is 3. The Bertz CT molecular complexity index is 1130. The molecule has 35 heavy (non-hydrogen) atoms. The van der Waals surface area contributed by atoms with Crippen LogP contribution in [0.2, 0.25) is 5.02 Å². The monoisotopic (exact) mass is 495 g/mol. The minimum Gasteiger partial charge on any atom is -0.459 e. The largest absolute Gasteiger partial charge is 0.459 e. The van der Waals surface area contributed by atoms with Gasteiger partial charge in [-0.25, -0.2) is 0 Å². The van der Waals surface area contributed by atoms with Gasteiger partial charge >= 0.3 is 0 Å². The van der Waals surface area contributed by atoms with E-state index in [0.29, 0.717) is 29.4 Å². The van der Waals surface area contributed by atoms with Crippen molar-refractivity contribution in [1.29, 1.82) is 0 Å². The van der Waals surface area contributed by atoms with Crippen LogP contribution in [0.5, 0.6) is 0 Å². The second kappa shape index (κ2) is 11.7. The molecule has 3 amide bonds. The van der Waals surface area contributed by atoms with Crippen LogP contribution in [-0.2, 0) is 14.3 Å². The lowest BCUT2D eigenvalue weighted by atomic mass is 10.0. The average molecular weight is 496 g/mol. The fraction of sp³-hybridized carbons (Fsp3) is 0.269. The van der Waals surface area contributed by atoms with E-state index >= 15 is 0 Å². The van der Waals surface area contributed by atoms with Gasteiger partial charge in [0.25, 0.3) is 5.91 Å². The maximum Gasteiger partial charge on any atom is 0.287 e. The predicted octanol–water partition coefficient (Wildman–Crippen LogP) is 3.73. The van der Waals surface area contributed by atoms with Crippen LogP contribution in [0.15, 0.2) is 77.4 Å². The van der Waals surface area contributed by atoms with E-state index in [1.165, 1.54) is 17.2 Å². The Balaban J connectivity index is 1.62. The van der Waals surface area contributed by atoms with Gasteiger partial charge in [-0.3, -0.25) is 19.3 Å². The van der Waals surface area contributed by atoms with E-state index in [4.69, 9.17) is 20.8 Å². The molecule has 182 valence electrons. The van der Waals surface area contributed by atoms with Crippen LogP contribution >= 0.6 is 11.6 Å². The molecule has 0 unspecified atom stereocenters. The number of rotatable bonds is 9. The van der Waals surface area contributed by atoms with Gasteiger partial charge < -0.3 is 19.8 Å². The highest BCUT2D eigenvalue weighted by Crippen LogP contribution is 2.29. The molecule has 0 aliphatic carbocycles. The number of furan rings is 1. The van der Waals surface area contributed by atoms with Gasteiger partial charge in [0.05, 0.1) is 18.9 Å². The molecular weight excluding hydrogens is 470 g/mol. The van der Waals surface area contributed by atoms with Gasteiger partial charge in [0, 0.05) is 23.9 Å². The molecule has 2 atom stereocenters. The summed E-state index contributed by atoms with van der Waals surface area (Å²) in [5.41, 5.74) is 1.09. The van der Waals surface area contributed by atoms with Crippen LogP contribution in [0.3, 0.4) is 0 Å². The molecule has 0 spiro atoms. The van der Waals surface area contributed by atoms with E-state index < -0.39 is 17.9 Å². The molecule has 4 rings (SSSR count). The zero-order chi connectivity index (χ0) is 24.6. The Hall–Kier alpha value is -3.62. The molecule has 0 saturated carbocycles. The number of hydrogen-bond donors (Lipinski definition) is 2. The van der Waals surface area contributed by atoms with Gasteiger partial charge in [-0.1, -0.05) is 41.9 Å². The Morgan fingerprint density at radius 3 is 2.43 bits per heavy atom. The Morgan fingerprint density at radius 1 is 1.00 bits per heavy atom. The van der Waals surface area contributed by atoms with Crippen molar-refractivity contribution < 1.29 is 23.5 Å². The number of nitrogens with one attached hydrogen (secondary N) is 2. The first kappa shape index (κ1) is 24.5. The van der Waals surface area contributed by atoms with E-state index in [-0.39, 0.29) is 24.3 Å². The number of halogens is 1. The summed E-state index contributed by atoms with van der Waals surface area (Å²) >= 11 is 6.07. The average Bonchev–Trinajstić information content (AvgIpc) is 3.60. The fourth-order valence-electron chi connectivity index (χ4n) is 3.94. The summed E-state index contributed by atoms with van der Waals surface area (Å²) in [4.78, 5) is 40.8. The number of anilines is 1. The lowest BCUT2D eigenvalue weighted by molar-refractivity contribution is -0.126. The second-order valence-corrected chi connectivity index (χ2v) is 8.53. The Labute approximate surface area is 208 Å². The third kappa shape index (κ3) is 6.29. The molecular formula is C26H26ClN3O5. The van der Waals surface area contributed by atoms with Crippen molar-refractivity contribution in [2.75, 3.05) is 24.6 Å². The zero-order valence-electron chi connectivity index (χ0n) is 19.0. The van der Waals surface area contributed by atoms with Crippen LogP contribution in [0.1, 0.15) is 35.0 Å². The molecule has 2 heterocycles. The molecule has 1 aromatic heterocycles. The molecule has 1 aliphatic heterocycles. The quantitative estimate of drug-likeness (QED) is 0.471. The van der Waals surface area contributed by atoms with Crippen molar-refractivity contribution >= 4 is 35.0 Å². The van der Waals surface area contributed by atoms with Crippen LogP contribution in [-0.4, -0.2) is 43.5 Å². The third-order valence-corrected chi connectivity index (χ3v) is 5.92. The van der Waals surface area contributed by atoms with Crippen molar-refractivity contribution in [1.82, 2.24) is 10.6 Å². The first-order valence-electron chi connectivity index (χ1n) is 11.4. The first-order valence-corrected chi connectivity index (χ1v) is 11.7. The summed E-state index contributed by atoms with van der Waals surface area (Å²) in [7, 11) is 0. The highest BCUT2D eigenvalue weighted by molar-refractivity contribution is 6.30. The highest BCUT2D eigenvalue weighted by atomic mass is 35.5. The lowest BCUT2D eigenvalue weighted by Gasteiger charge is -2.32. The van der Waals surface area contributed by atoms with Gasteiger partial charge in [0.15, 0.2) is 5.76 Å². The molecule has 2 aromatic carbocycles. The Morgan fingerprint density at radius 2 is 1.77 bits per heavy atom. The summed E-state index contributed by atoms with van der Waals surface area (Å²) in [6.45, 7) is 0.679. The molecule has 0 radical (unpaired) electrons. The maximum atomic E-state index is 13.5. The van der Waals surface area contributed by atoms with Crippen molar-refractivity contribution in [3.63, 3.8) is 0 Å². The molecule has 2 N–H and O–H groups in total. The van der Waals surface area contributed by atoms with E-state index in [9.17, 15) is 14.4 Å².